The molecule has 3 N–H and O–H groups in total. The lowest BCUT2D eigenvalue weighted by Crippen LogP contribution is -2.11. The molecule has 0 atom stereocenters. The maximum atomic E-state index is 12.1. The molecule has 29 heavy (non-hydrogen) atoms. The fraction of sp³-hybridized carbons (Fsp3) is 0.217. The Hall–Kier alpha value is -2.83. The Morgan fingerprint density at radius 2 is 1.10 bits per heavy atom. The van der Waals surface area contributed by atoms with Crippen molar-refractivity contribution < 1.29 is 23.2 Å². The zero-order chi connectivity index (χ0) is 21.5. The van der Waals surface area contributed by atoms with E-state index in [1.165, 1.54) is 12.1 Å². The van der Waals surface area contributed by atoms with Crippen LogP contribution in [-0.2, 0) is 10.1 Å². The number of aromatic hydroxyl groups is 2. The van der Waals surface area contributed by atoms with E-state index < -0.39 is 16.0 Å². The van der Waals surface area contributed by atoms with Gasteiger partial charge in [-0.15, -0.1) is 0 Å². The minimum Gasteiger partial charge on any atom is -0.508 e. The molecule has 3 aromatic rings. The van der Waals surface area contributed by atoms with Crippen molar-refractivity contribution in [2.24, 2.45) is 0 Å². The Labute approximate surface area is 171 Å². The second-order valence-electron chi connectivity index (χ2n) is 7.44. The van der Waals surface area contributed by atoms with E-state index in [0.717, 1.165) is 22.3 Å². The molecule has 0 aliphatic rings. The minimum atomic E-state index is -4.52. The second-order valence-corrected chi connectivity index (χ2v) is 8.83. The Kier molecular flexibility index (Phi) is 5.43. The molecule has 0 saturated heterocycles. The maximum absolute atomic E-state index is 12.1. The van der Waals surface area contributed by atoms with E-state index in [9.17, 15) is 23.2 Å². The average Bonchev–Trinajstić information content (AvgIpc) is 2.63. The van der Waals surface area contributed by atoms with E-state index in [1.807, 2.05) is 27.7 Å². The van der Waals surface area contributed by atoms with Crippen LogP contribution in [0.5, 0.6) is 11.5 Å². The molecule has 0 spiro atoms. The van der Waals surface area contributed by atoms with Crippen LogP contribution in [0.1, 0.15) is 44.9 Å². The third-order valence-electron chi connectivity index (χ3n) is 5.42. The summed E-state index contributed by atoms with van der Waals surface area (Å²) in [5.74, 6) is -0.825. The molecule has 0 radical (unpaired) electrons. The number of aryl methyl sites for hydroxylation is 4. The van der Waals surface area contributed by atoms with Gasteiger partial charge >= 0.3 is 0 Å². The van der Waals surface area contributed by atoms with Crippen LogP contribution in [0.15, 0.2) is 53.4 Å². The Balaban J connectivity index is 2.43. The summed E-state index contributed by atoms with van der Waals surface area (Å²) in [5, 5.41) is 21.4. The number of hydrogen-bond donors (Lipinski definition) is 3. The van der Waals surface area contributed by atoms with Crippen molar-refractivity contribution in [3.8, 4) is 11.5 Å². The van der Waals surface area contributed by atoms with Gasteiger partial charge in [0.15, 0.2) is 0 Å². The third-order valence-corrected chi connectivity index (χ3v) is 6.34. The van der Waals surface area contributed by atoms with E-state index in [1.54, 1.807) is 36.4 Å². The summed E-state index contributed by atoms with van der Waals surface area (Å²) in [6.07, 6.45) is 0. The summed E-state index contributed by atoms with van der Waals surface area (Å²) >= 11 is 0. The zero-order valence-corrected chi connectivity index (χ0v) is 17.6. The molecule has 0 heterocycles. The van der Waals surface area contributed by atoms with Crippen LogP contribution in [0.25, 0.3) is 0 Å². The Morgan fingerprint density at radius 1 is 0.690 bits per heavy atom. The van der Waals surface area contributed by atoms with Gasteiger partial charge in [-0.25, -0.2) is 0 Å². The summed E-state index contributed by atoms with van der Waals surface area (Å²) < 4.78 is 33.9. The smallest absolute Gasteiger partial charge is 0.294 e. The van der Waals surface area contributed by atoms with Crippen molar-refractivity contribution in [1.82, 2.24) is 0 Å². The van der Waals surface area contributed by atoms with Crippen LogP contribution in [-0.4, -0.2) is 23.2 Å². The molecule has 0 saturated carbocycles. The lowest BCUT2D eigenvalue weighted by molar-refractivity contribution is 0.456. The third kappa shape index (κ3) is 3.99. The molecule has 3 rings (SSSR count). The predicted octanol–water partition coefficient (Wildman–Crippen LogP) is 4.76. The van der Waals surface area contributed by atoms with Crippen LogP contribution < -0.4 is 0 Å². The fourth-order valence-corrected chi connectivity index (χ4v) is 4.30. The van der Waals surface area contributed by atoms with Gasteiger partial charge in [0.1, 0.15) is 11.5 Å². The van der Waals surface area contributed by atoms with E-state index in [2.05, 4.69) is 0 Å². The lowest BCUT2D eigenvalue weighted by Gasteiger charge is -2.24. The van der Waals surface area contributed by atoms with Gasteiger partial charge in [0.25, 0.3) is 10.1 Å². The molecule has 0 aromatic heterocycles. The molecule has 0 aliphatic heterocycles. The van der Waals surface area contributed by atoms with Gasteiger partial charge < -0.3 is 10.2 Å². The van der Waals surface area contributed by atoms with Crippen molar-refractivity contribution in [2.75, 3.05) is 0 Å². The normalized spacial score (nSPS) is 11.8. The van der Waals surface area contributed by atoms with Gasteiger partial charge in [-0.1, -0.05) is 30.3 Å². The molecular weight excluding hydrogens is 388 g/mol. The van der Waals surface area contributed by atoms with Gasteiger partial charge in [-0.3, -0.25) is 4.55 Å². The number of phenols is 2. The van der Waals surface area contributed by atoms with Crippen LogP contribution in [0.4, 0.5) is 0 Å². The lowest BCUT2D eigenvalue weighted by atomic mass is 9.82. The number of hydrogen-bond acceptors (Lipinski definition) is 4. The molecule has 152 valence electrons. The minimum absolute atomic E-state index is 0.0131. The Morgan fingerprint density at radius 3 is 1.55 bits per heavy atom. The molecule has 0 aliphatic carbocycles. The van der Waals surface area contributed by atoms with E-state index in [0.29, 0.717) is 11.1 Å². The first-order valence-electron chi connectivity index (χ1n) is 9.17. The Bertz CT molecular complexity index is 1140. The van der Waals surface area contributed by atoms with E-state index >= 15 is 0 Å². The highest BCUT2D eigenvalue weighted by Crippen LogP contribution is 2.44. The topological polar surface area (TPSA) is 94.8 Å². The predicted molar refractivity (Wildman–Crippen MR) is 112 cm³/mol. The summed E-state index contributed by atoms with van der Waals surface area (Å²) in [7, 11) is -4.52. The van der Waals surface area contributed by atoms with Crippen molar-refractivity contribution in [3.63, 3.8) is 0 Å². The molecule has 5 nitrogen and oxygen atoms in total. The summed E-state index contributed by atoms with van der Waals surface area (Å²) in [6, 6.07) is 12.9. The molecule has 0 fully saturated rings. The van der Waals surface area contributed by atoms with Crippen LogP contribution in [0.2, 0.25) is 0 Å². The molecule has 0 unspecified atom stereocenters. The van der Waals surface area contributed by atoms with E-state index in [4.69, 9.17) is 0 Å². The first kappa shape index (κ1) is 20.9. The molecule has 0 amide bonds. The monoisotopic (exact) mass is 412 g/mol. The highest BCUT2D eigenvalue weighted by molar-refractivity contribution is 7.85. The van der Waals surface area contributed by atoms with Crippen molar-refractivity contribution in [2.45, 2.75) is 38.5 Å². The van der Waals surface area contributed by atoms with Crippen molar-refractivity contribution >= 4 is 10.1 Å². The second kappa shape index (κ2) is 7.54. The maximum Gasteiger partial charge on any atom is 0.294 e. The van der Waals surface area contributed by atoms with Gasteiger partial charge in [0, 0.05) is 17.0 Å². The fourth-order valence-electron chi connectivity index (χ4n) is 3.57. The van der Waals surface area contributed by atoms with Crippen LogP contribution in [0.3, 0.4) is 0 Å². The highest BCUT2D eigenvalue weighted by Gasteiger charge is 2.29. The SMILES string of the molecule is Cc1cc(O)c(C(c2cc(C)c(C)cc2O)c2ccccc2S(=O)(=O)O)cc1C. The summed E-state index contributed by atoms with van der Waals surface area (Å²) in [5.41, 5.74) is 4.76. The largest absolute Gasteiger partial charge is 0.508 e. The van der Waals surface area contributed by atoms with Gasteiger partial charge in [-0.05, 0) is 73.7 Å². The van der Waals surface area contributed by atoms with Crippen LogP contribution >= 0.6 is 0 Å². The molecule has 0 bridgehead atoms. The van der Waals surface area contributed by atoms with Gasteiger partial charge in [0.05, 0.1) is 4.90 Å². The van der Waals surface area contributed by atoms with Crippen molar-refractivity contribution in [3.05, 3.63) is 87.5 Å². The first-order chi connectivity index (χ1) is 13.5. The summed E-state index contributed by atoms with van der Waals surface area (Å²) in [4.78, 5) is -0.264. The quantitative estimate of drug-likeness (QED) is 0.424. The average molecular weight is 413 g/mol. The molecular formula is C23H24O5S. The van der Waals surface area contributed by atoms with E-state index in [-0.39, 0.29) is 22.0 Å². The van der Waals surface area contributed by atoms with Gasteiger partial charge in [0.2, 0.25) is 0 Å². The standard InChI is InChI=1S/C23H24O5S/c1-13-9-18(20(24)11-15(13)3)23(19-10-14(2)16(4)12-21(19)25)17-7-5-6-8-22(17)29(26,27)28/h5-12,23-25H,1-4H3,(H,26,27,28). The number of phenolic OH excluding ortho intramolecular Hbond substituents is 2. The zero-order valence-electron chi connectivity index (χ0n) is 16.8. The number of rotatable bonds is 4. The van der Waals surface area contributed by atoms with Gasteiger partial charge in [-0.2, -0.15) is 8.42 Å². The highest BCUT2D eigenvalue weighted by atomic mass is 32.2. The first-order valence-corrected chi connectivity index (χ1v) is 10.6. The summed E-state index contributed by atoms with van der Waals surface area (Å²) in [6.45, 7) is 7.52. The molecule has 6 heteroatoms. The molecule has 3 aromatic carbocycles. The number of benzene rings is 3. The van der Waals surface area contributed by atoms with Crippen LogP contribution in [0, 0.1) is 27.7 Å². The van der Waals surface area contributed by atoms with Crippen molar-refractivity contribution in [1.29, 1.82) is 0 Å².